The lowest BCUT2D eigenvalue weighted by atomic mass is 10.0. The average Bonchev–Trinajstić information content (AvgIpc) is 3.34. The van der Waals surface area contributed by atoms with Gasteiger partial charge in [0.15, 0.2) is 23.0 Å². The molecule has 0 saturated carbocycles. The SMILES string of the molecule is COc1ccc(CNCCN(C/C=C(\C)CC/C=C(\C)CC/C=C(\C)CC/C=C(\C)CC/C=C(\C)CC/C=C(\C)CC/C=C(\C)CC/C=C(\C)CCC=C(C)C)Cc2ccc(OC)c(OC)c2)cc1OC. The molecule has 0 spiro atoms. The van der Waals surface area contributed by atoms with Gasteiger partial charge in [-0.3, -0.25) is 4.90 Å². The third-order valence-electron chi connectivity index (χ3n) is 13.2. The van der Waals surface area contributed by atoms with Gasteiger partial charge in [0.1, 0.15) is 0 Å². The molecule has 0 bridgehead atoms. The van der Waals surface area contributed by atoms with Crippen molar-refractivity contribution in [3.05, 3.63) is 152 Å². The van der Waals surface area contributed by atoms with Crippen molar-refractivity contribution in [2.45, 2.75) is 185 Å². The first-order valence-corrected chi connectivity index (χ1v) is 26.9. The zero-order valence-corrected chi connectivity index (χ0v) is 47.6. The summed E-state index contributed by atoms with van der Waals surface area (Å²) in [5, 5.41) is 3.63. The second-order valence-electron chi connectivity index (χ2n) is 20.3. The predicted molar refractivity (Wildman–Crippen MR) is 309 cm³/mol. The van der Waals surface area contributed by atoms with Crippen molar-refractivity contribution < 1.29 is 18.9 Å². The number of benzene rings is 2. The number of methoxy groups -OCH3 is 4. The topological polar surface area (TPSA) is 52.2 Å². The molecule has 2 rings (SSSR count). The summed E-state index contributed by atoms with van der Waals surface area (Å²) in [6.45, 7) is 26.9. The summed E-state index contributed by atoms with van der Waals surface area (Å²) in [4.78, 5) is 2.48. The van der Waals surface area contributed by atoms with Crippen LogP contribution in [-0.4, -0.2) is 53.0 Å². The lowest BCUT2D eigenvalue weighted by Crippen LogP contribution is -2.32. The Kier molecular flexibility index (Phi) is 33.3. The normalized spacial score (nSPS) is 13.6. The van der Waals surface area contributed by atoms with Gasteiger partial charge < -0.3 is 24.3 Å². The zero-order chi connectivity index (χ0) is 52.2. The molecule has 0 aliphatic carbocycles. The van der Waals surface area contributed by atoms with Gasteiger partial charge in [-0.1, -0.05) is 117 Å². The van der Waals surface area contributed by atoms with Crippen molar-refractivity contribution in [3.8, 4) is 23.0 Å². The standard InChI is InChI=1S/C65H100N2O4/c1-51(2)23-15-24-52(3)25-16-26-53(4)27-17-28-54(5)29-18-30-55(6)31-19-32-56(7)33-20-34-57(8)35-21-36-58(9)37-22-38-59(10)43-45-67(50-61-40-42-63(69-12)65(48-61)71-14)46-44-66-49-60-39-41-62(68-11)64(47-60)70-13/h23,25,27,29,31,33,35,37,39-43,47-48,66H,15-22,24,26,28,30,32,34,36,38,44-46,49-50H2,1-14H3/b52-25+,53-27+,54-29+,55-31+,56-33+,57-35+,58-37+,59-43+. The van der Waals surface area contributed by atoms with Crippen LogP contribution in [0.4, 0.5) is 0 Å². The van der Waals surface area contributed by atoms with Crippen molar-refractivity contribution in [3.63, 3.8) is 0 Å². The monoisotopic (exact) mass is 973 g/mol. The van der Waals surface area contributed by atoms with E-state index in [1.165, 1.54) is 75.0 Å². The summed E-state index contributed by atoms with van der Waals surface area (Å²) in [5.41, 5.74) is 15.8. The van der Waals surface area contributed by atoms with E-state index in [1.54, 1.807) is 28.4 Å². The van der Waals surface area contributed by atoms with Crippen LogP contribution in [0.2, 0.25) is 0 Å². The molecule has 0 atom stereocenters. The summed E-state index contributed by atoms with van der Waals surface area (Å²) < 4.78 is 22.0. The molecule has 71 heavy (non-hydrogen) atoms. The van der Waals surface area contributed by atoms with E-state index >= 15 is 0 Å². The Hall–Kier alpha value is -4.78. The van der Waals surface area contributed by atoms with E-state index in [1.807, 2.05) is 18.2 Å². The largest absolute Gasteiger partial charge is 0.493 e. The van der Waals surface area contributed by atoms with E-state index in [9.17, 15) is 0 Å². The minimum atomic E-state index is 0.743. The quantitative estimate of drug-likeness (QED) is 0.0538. The van der Waals surface area contributed by atoms with Gasteiger partial charge in [-0.25, -0.2) is 0 Å². The molecule has 0 unspecified atom stereocenters. The van der Waals surface area contributed by atoms with Crippen molar-refractivity contribution in [2.24, 2.45) is 0 Å². The first-order valence-electron chi connectivity index (χ1n) is 26.9. The fourth-order valence-electron chi connectivity index (χ4n) is 8.45. The molecule has 0 radical (unpaired) electrons. The highest BCUT2D eigenvalue weighted by atomic mass is 16.5. The highest BCUT2D eigenvalue weighted by Gasteiger charge is 2.10. The second-order valence-corrected chi connectivity index (χ2v) is 20.3. The van der Waals surface area contributed by atoms with Crippen LogP contribution in [0.5, 0.6) is 23.0 Å². The minimum Gasteiger partial charge on any atom is -0.493 e. The van der Waals surface area contributed by atoms with Crippen molar-refractivity contribution >= 4 is 0 Å². The summed E-state index contributed by atoms with van der Waals surface area (Å²) in [7, 11) is 6.71. The number of ether oxygens (including phenoxy) is 4. The third-order valence-corrected chi connectivity index (χ3v) is 13.2. The maximum Gasteiger partial charge on any atom is 0.161 e. The predicted octanol–water partition coefficient (Wildman–Crippen LogP) is 18.1. The Morgan fingerprint density at radius 3 is 1.04 bits per heavy atom. The number of rotatable bonds is 37. The summed E-state index contributed by atoms with van der Waals surface area (Å²) in [6, 6.07) is 12.3. The van der Waals surface area contributed by atoms with Crippen molar-refractivity contribution in [1.82, 2.24) is 10.2 Å². The van der Waals surface area contributed by atoms with Crippen LogP contribution in [0.15, 0.2) is 141 Å². The maximum atomic E-state index is 5.61. The molecule has 0 aliphatic rings. The van der Waals surface area contributed by atoms with Gasteiger partial charge in [0.2, 0.25) is 0 Å². The van der Waals surface area contributed by atoms with Gasteiger partial charge in [-0.15, -0.1) is 0 Å². The molecule has 0 fully saturated rings. The van der Waals surface area contributed by atoms with Gasteiger partial charge in [0.25, 0.3) is 0 Å². The molecular formula is C65H100N2O4. The molecule has 1 N–H and O–H groups in total. The number of nitrogens with zero attached hydrogens (tertiary/aromatic N) is 1. The average molecular weight is 974 g/mol. The second kappa shape index (κ2) is 37.9. The Balaban J connectivity index is 1.72. The van der Waals surface area contributed by atoms with E-state index in [0.717, 1.165) is 145 Å². The zero-order valence-electron chi connectivity index (χ0n) is 47.6. The van der Waals surface area contributed by atoms with E-state index < -0.39 is 0 Å². The molecule has 0 amide bonds. The van der Waals surface area contributed by atoms with E-state index in [2.05, 4.69) is 152 Å². The lowest BCUT2D eigenvalue weighted by molar-refractivity contribution is 0.291. The fourth-order valence-corrected chi connectivity index (χ4v) is 8.45. The van der Waals surface area contributed by atoms with Crippen LogP contribution in [0.3, 0.4) is 0 Å². The molecule has 0 aliphatic heterocycles. The Bertz CT molecular complexity index is 2120. The molecule has 2 aromatic carbocycles. The van der Waals surface area contributed by atoms with Crippen LogP contribution in [0, 0.1) is 0 Å². The van der Waals surface area contributed by atoms with Crippen LogP contribution >= 0.6 is 0 Å². The van der Waals surface area contributed by atoms with Crippen LogP contribution in [-0.2, 0) is 13.1 Å². The number of allylic oxidation sites excluding steroid dienone is 17. The Labute approximate surface area is 435 Å². The van der Waals surface area contributed by atoms with E-state index in [-0.39, 0.29) is 0 Å². The molecule has 394 valence electrons. The van der Waals surface area contributed by atoms with Gasteiger partial charge in [-0.05, 0) is 207 Å². The first-order chi connectivity index (χ1) is 34.1. The highest BCUT2D eigenvalue weighted by molar-refractivity contribution is 5.43. The summed E-state index contributed by atoms with van der Waals surface area (Å²) in [6.07, 6.45) is 40.2. The van der Waals surface area contributed by atoms with Crippen molar-refractivity contribution in [2.75, 3.05) is 48.1 Å². The van der Waals surface area contributed by atoms with Crippen LogP contribution in [0.25, 0.3) is 0 Å². The van der Waals surface area contributed by atoms with Crippen molar-refractivity contribution in [1.29, 1.82) is 0 Å². The first kappa shape index (κ1) is 62.3. The smallest absolute Gasteiger partial charge is 0.161 e. The molecular weight excluding hydrogens is 873 g/mol. The van der Waals surface area contributed by atoms with E-state index in [4.69, 9.17) is 18.9 Å². The molecule has 2 aromatic rings. The van der Waals surface area contributed by atoms with E-state index in [0.29, 0.717) is 0 Å². The Morgan fingerprint density at radius 1 is 0.394 bits per heavy atom. The number of hydrogen-bond donors (Lipinski definition) is 1. The maximum absolute atomic E-state index is 5.61. The minimum absolute atomic E-state index is 0.743. The van der Waals surface area contributed by atoms with Gasteiger partial charge in [0.05, 0.1) is 28.4 Å². The fraction of sp³-hybridized carbons (Fsp3) is 0.538. The third kappa shape index (κ3) is 30.0. The van der Waals surface area contributed by atoms with Gasteiger partial charge in [0, 0.05) is 32.7 Å². The van der Waals surface area contributed by atoms with Gasteiger partial charge in [-0.2, -0.15) is 0 Å². The molecule has 6 heteroatoms. The molecule has 0 aromatic heterocycles. The number of hydrogen-bond acceptors (Lipinski definition) is 6. The van der Waals surface area contributed by atoms with Gasteiger partial charge >= 0.3 is 0 Å². The summed E-state index contributed by atoms with van der Waals surface area (Å²) in [5.74, 6) is 3.00. The van der Waals surface area contributed by atoms with Crippen LogP contribution in [0.1, 0.15) is 183 Å². The molecule has 6 nitrogen and oxygen atoms in total. The molecule has 0 heterocycles. The molecule has 0 saturated heterocycles. The summed E-state index contributed by atoms with van der Waals surface area (Å²) >= 11 is 0. The van der Waals surface area contributed by atoms with Crippen LogP contribution < -0.4 is 24.3 Å². The lowest BCUT2D eigenvalue weighted by Gasteiger charge is -2.22. The Morgan fingerprint density at radius 2 is 0.704 bits per heavy atom. The highest BCUT2D eigenvalue weighted by Crippen LogP contribution is 2.29. The number of nitrogens with one attached hydrogen (secondary N) is 1.